The predicted octanol–water partition coefficient (Wildman–Crippen LogP) is 4.68. The summed E-state index contributed by atoms with van der Waals surface area (Å²) in [6.07, 6.45) is 5.45. The number of hydrogen-bond donors (Lipinski definition) is 0. The molecule has 0 radical (unpaired) electrons. The number of hydrogen-bond acceptors (Lipinski definition) is 4. The Morgan fingerprint density at radius 1 is 1.23 bits per heavy atom. The van der Waals surface area contributed by atoms with Gasteiger partial charge in [-0.25, -0.2) is 4.98 Å². The van der Waals surface area contributed by atoms with Crippen LogP contribution < -0.4 is 4.74 Å². The highest BCUT2D eigenvalue weighted by atomic mass is 32.1. The van der Waals surface area contributed by atoms with Crippen LogP contribution in [0, 0.1) is 0 Å². The first-order valence-corrected chi connectivity index (χ1v) is 9.55. The van der Waals surface area contributed by atoms with Crippen LogP contribution in [-0.4, -0.2) is 29.4 Å². The number of carbonyl (C=O) groups is 1. The van der Waals surface area contributed by atoms with Crippen LogP contribution >= 0.6 is 11.3 Å². The second kappa shape index (κ2) is 7.30. The second-order valence-electron chi connectivity index (χ2n) is 6.28. The van der Waals surface area contributed by atoms with E-state index < -0.39 is 0 Å². The standard InChI is InChI=1S/C21H20N2O2S/c1-25-18-10-4-2-7-15(18)12-13-20(24)23-14-6-9-17(23)21-22-16-8-3-5-11-19(16)26-21/h2-5,7-8,10-13,17H,6,9,14H2,1H3/b13-12+/t17-/m0/s1. The number of aromatic nitrogens is 1. The maximum absolute atomic E-state index is 12.8. The van der Waals surface area contributed by atoms with Gasteiger partial charge in [-0.05, 0) is 37.1 Å². The van der Waals surface area contributed by atoms with Gasteiger partial charge in [0.05, 0.1) is 23.4 Å². The van der Waals surface area contributed by atoms with Crippen molar-refractivity contribution in [1.82, 2.24) is 9.88 Å². The molecule has 4 nitrogen and oxygen atoms in total. The third-order valence-electron chi connectivity index (χ3n) is 4.68. The van der Waals surface area contributed by atoms with Crippen molar-refractivity contribution in [2.24, 2.45) is 0 Å². The topological polar surface area (TPSA) is 42.4 Å². The zero-order valence-electron chi connectivity index (χ0n) is 14.6. The van der Waals surface area contributed by atoms with Crippen LogP contribution in [0.3, 0.4) is 0 Å². The molecule has 0 aliphatic carbocycles. The Balaban J connectivity index is 1.56. The maximum Gasteiger partial charge on any atom is 0.247 e. The minimum Gasteiger partial charge on any atom is -0.496 e. The average Bonchev–Trinajstić information content (AvgIpc) is 3.32. The number of fused-ring (bicyclic) bond motifs is 1. The third kappa shape index (κ3) is 3.22. The number of thiazole rings is 1. The third-order valence-corrected chi connectivity index (χ3v) is 5.81. The summed E-state index contributed by atoms with van der Waals surface area (Å²) in [7, 11) is 1.64. The lowest BCUT2D eigenvalue weighted by Gasteiger charge is -2.21. The molecule has 2 aromatic carbocycles. The zero-order chi connectivity index (χ0) is 17.9. The van der Waals surface area contributed by atoms with Crippen molar-refractivity contribution in [1.29, 1.82) is 0 Å². The summed E-state index contributed by atoms with van der Waals surface area (Å²) in [5, 5.41) is 1.03. The molecule has 5 heteroatoms. The fraction of sp³-hybridized carbons (Fsp3) is 0.238. The van der Waals surface area contributed by atoms with Crippen molar-refractivity contribution in [3.05, 3.63) is 65.2 Å². The van der Waals surface area contributed by atoms with Crippen LogP contribution in [-0.2, 0) is 4.79 Å². The van der Waals surface area contributed by atoms with Crippen LogP contribution in [0.15, 0.2) is 54.6 Å². The van der Waals surface area contributed by atoms with Gasteiger partial charge in [0.15, 0.2) is 0 Å². The molecule has 1 aliphatic rings. The zero-order valence-corrected chi connectivity index (χ0v) is 15.4. The maximum atomic E-state index is 12.8. The van der Waals surface area contributed by atoms with E-state index in [1.165, 1.54) is 4.70 Å². The lowest BCUT2D eigenvalue weighted by Crippen LogP contribution is -2.28. The molecule has 0 saturated carbocycles. The molecule has 0 spiro atoms. The van der Waals surface area contributed by atoms with Crippen LogP contribution in [0.2, 0.25) is 0 Å². The van der Waals surface area contributed by atoms with Gasteiger partial charge in [-0.3, -0.25) is 4.79 Å². The van der Waals surface area contributed by atoms with Crippen molar-refractivity contribution < 1.29 is 9.53 Å². The number of amides is 1. The molecule has 1 aromatic heterocycles. The van der Waals surface area contributed by atoms with Crippen molar-refractivity contribution in [3.63, 3.8) is 0 Å². The molecule has 1 saturated heterocycles. The van der Waals surface area contributed by atoms with Crippen LogP contribution in [0.5, 0.6) is 5.75 Å². The summed E-state index contributed by atoms with van der Waals surface area (Å²) in [5.41, 5.74) is 1.91. The Labute approximate surface area is 156 Å². The summed E-state index contributed by atoms with van der Waals surface area (Å²) in [6.45, 7) is 0.774. The van der Waals surface area contributed by atoms with Crippen molar-refractivity contribution >= 4 is 33.5 Å². The summed E-state index contributed by atoms with van der Waals surface area (Å²) < 4.78 is 6.52. The highest BCUT2D eigenvalue weighted by Gasteiger charge is 2.31. The van der Waals surface area contributed by atoms with E-state index in [1.54, 1.807) is 24.5 Å². The van der Waals surface area contributed by atoms with Gasteiger partial charge in [-0.2, -0.15) is 0 Å². The molecular weight excluding hydrogens is 344 g/mol. The Bertz CT molecular complexity index is 930. The van der Waals surface area contributed by atoms with E-state index in [0.29, 0.717) is 0 Å². The lowest BCUT2D eigenvalue weighted by atomic mass is 10.2. The molecule has 0 N–H and O–H groups in total. The van der Waals surface area contributed by atoms with Crippen molar-refractivity contribution in [2.45, 2.75) is 18.9 Å². The van der Waals surface area contributed by atoms with Crippen LogP contribution in [0.4, 0.5) is 0 Å². The normalized spacial score (nSPS) is 17.3. The molecule has 4 rings (SSSR count). The smallest absolute Gasteiger partial charge is 0.247 e. The minimum atomic E-state index is 0.0256. The molecule has 3 aromatic rings. The number of methoxy groups -OCH3 is 1. The van der Waals surface area contributed by atoms with E-state index in [0.717, 1.165) is 41.2 Å². The molecule has 1 fully saturated rings. The van der Waals surface area contributed by atoms with Crippen molar-refractivity contribution in [3.8, 4) is 5.75 Å². The Morgan fingerprint density at radius 3 is 2.88 bits per heavy atom. The molecule has 1 atom stereocenters. The Morgan fingerprint density at radius 2 is 2.04 bits per heavy atom. The monoisotopic (exact) mass is 364 g/mol. The number of carbonyl (C=O) groups excluding carboxylic acids is 1. The van der Waals surface area contributed by atoms with E-state index in [-0.39, 0.29) is 11.9 Å². The fourth-order valence-corrected chi connectivity index (χ4v) is 4.50. The first kappa shape index (κ1) is 16.8. The quantitative estimate of drug-likeness (QED) is 0.631. The van der Waals surface area contributed by atoms with Gasteiger partial charge >= 0.3 is 0 Å². The summed E-state index contributed by atoms with van der Waals surface area (Å²) in [6, 6.07) is 15.9. The number of benzene rings is 2. The molecule has 0 unspecified atom stereocenters. The van der Waals surface area contributed by atoms with Gasteiger partial charge in [-0.15, -0.1) is 11.3 Å². The highest BCUT2D eigenvalue weighted by molar-refractivity contribution is 7.18. The molecule has 2 heterocycles. The van der Waals surface area contributed by atoms with Gasteiger partial charge < -0.3 is 9.64 Å². The van der Waals surface area contributed by atoms with E-state index in [2.05, 4.69) is 6.07 Å². The van der Waals surface area contributed by atoms with Crippen LogP contribution in [0.1, 0.15) is 29.5 Å². The van der Waals surface area contributed by atoms with Gasteiger partial charge in [-0.1, -0.05) is 30.3 Å². The van der Waals surface area contributed by atoms with Crippen LogP contribution in [0.25, 0.3) is 16.3 Å². The van der Waals surface area contributed by atoms with E-state index >= 15 is 0 Å². The number of para-hydroxylation sites is 2. The minimum absolute atomic E-state index is 0.0256. The van der Waals surface area contributed by atoms with E-state index in [9.17, 15) is 4.79 Å². The number of rotatable bonds is 4. The molecule has 1 amide bonds. The number of nitrogens with zero attached hydrogens (tertiary/aromatic N) is 2. The van der Waals surface area contributed by atoms with E-state index in [4.69, 9.17) is 9.72 Å². The molecular formula is C21H20N2O2S. The van der Waals surface area contributed by atoms with Gasteiger partial charge in [0.1, 0.15) is 10.8 Å². The molecule has 0 bridgehead atoms. The van der Waals surface area contributed by atoms with Gasteiger partial charge in [0, 0.05) is 18.2 Å². The average molecular weight is 364 g/mol. The van der Waals surface area contributed by atoms with Crippen molar-refractivity contribution in [2.75, 3.05) is 13.7 Å². The predicted molar refractivity (Wildman–Crippen MR) is 105 cm³/mol. The van der Waals surface area contributed by atoms with E-state index in [1.807, 2.05) is 53.4 Å². The SMILES string of the molecule is COc1ccccc1/C=C/C(=O)N1CCC[C@H]1c1nc2ccccc2s1. The second-order valence-corrected chi connectivity index (χ2v) is 7.35. The number of likely N-dealkylation sites (tertiary alicyclic amines) is 1. The fourth-order valence-electron chi connectivity index (χ4n) is 3.38. The summed E-state index contributed by atoms with van der Waals surface area (Å²) in [4.78, 5) is 19.5. The first-order valence-electron chi connectivity index (χ1n) is 8.73. The Kier molecular flexibility index (Phi) is 4.71. The largest absolute Gasteiger partial charge is 0.496 e. The summed E-state index contributed by atoms with van der Waals surface area (Å²) in [5.74, 6) is 0.790. The lowest BCUT2D eigenvalue weighted by molar-refractivity contribution is -0.126. The van der Waals surface area contributed by atoms with Gasteiger partial charge in [0.25, 0.3) is 0 Å². The number of ether oxygens (including phenoxy) is 1. The first-order chi connectivity index (χ1) is 12.8. The molecule has 1 aliphatic heterocycles. The highest BCUT2D eigenvalue weighted by Crippen LogP contribution is 2.36. The Hall–Kier alpha value is -2.66. The molecule has 26 heavy (non-hydrogen) atoms. The summed E-state index contributed by atoms with van der Waals surface area (Å²) >= 11 is 1.69. The van der Waals surface area contributed by atoms with Gasteiger partial charge in [0.2, 0.25) is 5.91 Å². The molecule has 132 valence electrons.